The van der Waals surface area contributed by atoms with Crippen molar-refractivity contribution in [2.75, 3.05) is 5.32 Å². The second kappa shape index (κ2) is 6.09. The Morgan fingerprint density at radius 3 is 2.55 bits per heavy atom. The Morgan fingerprint density at radius 2 is 1.95 bits per heavy atom. The maximum atomic E-state index is 13.1. The molecule has 1 aromatic heterocycles. The van der Waals surface area contributed by atoms with Gasteiger partial charge in [-0.1, -0.05) is 13.8 Å². The molecule has 0 saturated carbocycles. The Kier molecular flexibility index (Phi) is 4.44. The van der Waals surface area contributed by atoms with Gasteiger partial charge in [-0.15, -0.1) is 11.3 Å². The van der Waals surface area contributed by atoms with Crippen LogP contribution in [0.5, 0.6) is 0 Å². The zero-order valence-electron chi connectivity index (χ0n) is 11.1. The number of nitrogens with zero attached hydrogens (tertiary/aromatic N) is 1. The summed E-state index contributed by atoms with van der Waals surface area (Å²) < 4.78 is 26.2. The number of hydrogen-bond acceptors (Lipinski definition) is 3. The maximum Gasteiger partial charge on any atom is 0.228 e. The molecule has 0 aliphatic rings. The number of halogens is 2. The van der Waals surface area contributed by atoms with Crippen LogP contribution in [0.15, 0.2) is 24.4 Å². The molecule has 0 aliphatic carbocycles. The number of anilines is 1. The first-order valence-electron chi connectivity index (χ1n) is 6.14. The zero-order valence-corrected chi connectivity index (χ0v) is 11.9. The van der Waals surface area contributed by atoms with Crippen molar-refractivity contribution in [1.29, 1.82) is 0 Å². The molecule has 1 N–H and O–H groups in total. The molecule has 1 aromatic carbocycles. The van der Waals surface area contributed by atoms with Crippen molar-refractivity contribution >= 4 is 22.4 Å². The molecule has 0 aliphatic heterocycles. The fraction of sp³-hybridized carbons (Fsp3) is 0.286. The zero-order chi connectivity index (χ0) is 14.7. The lowest BCUT2D eigenvalue weighted by molar-refractivity contribution is -0.118. The highest BCUT2D eigenvalue weighted by molar-refractivity contribution is 7.15. The Balaban J connectivity index is 2.07. The van der Waals surface area contributed by atoms with Crippen molar-refractivity contribution in [2.45, 2.75) is 20.3 Å². The van der Waals surface area contributed by atoms with Crippen LogP contribution in [-0.2, 0) is 11.2 Å². The number of benzene rings is 1. The SMILES string of the molecule is CC(C)C(=O)Nc1ncc(Cc2cc(F)cc(F)c2)s1. The van der Waals surface area contributed by atoms with Crippen molar-refractivity contribution in [3.05, 3.63) is 46.5 Å². The van der Waals surface area contributed by atoms with Crippen LogP contribution in [0.2, 0.25) is 0 Å². The van der Waals surface area contributed by atoms with Crippen molar-refractivity contribution in [3.63, 3.8) is 0 Å². The predicted molar refractivity (Wildman–Crippen MR) is 74.7 cm³/mol. The average Bonchev–Trinajstić information content (AvgIpc) is 2.74. The minimum Gasteiger partial charge on any atom is -0.302 e. The second-order valence-corrected chi connectivity index (χ2v) is 5.85. The van der Waals surface area contributed by atoms with Gasteiger partial charge in [-0.2, -0.15) is 0 Å². The van der Waals surface area contributed by atoms with E-state index >= 15 is 0 Å². The molecule has 1 heterocycles. The molecular formula is C14H14F2N2OS. The van der Waals surface area contributed by atoms with Crippen molar-refractivity contribution in [1.82, 2.24) is 4.98 Å². The number of rotatable bonds is 4. The van der Waals surface area contributed by atoms with E-state index in [0.29, 0.717) is 17.1 Å². The lowest BCUT2D eigenvalue weighted by atomic mass is 10.1. The minimum atomic E-state index is -0.599. The topological polar surface area (TPSA) is 42.0 Å². The number of aromatic nitrogens is 1. The van der Waals surface area contributed by atoms with Gasteiger partial charge < -0.3 is 5.32 Å². The summed E-state index contributed by atoms with van der Waals surface area (Å²) in [6.07, 6.45) is 1.98. The molecule has 2 aromatic rings. The van der Waals surface area contributed by atoms with E-state index in [9.17, 15) is 13.6 Å². The van der Waals surface area contributed by atoms with E-state index in [1.54, 1.807) is 20.0 Å². The number of carbonyl (C=O) groups excluding carboxylic acids is 1. The van der Waals surface area contributed by atoms with E-state index in [4.69, 9.17) is 0 Å². The van der Waals surface area contributed by atoms with Crippen LogP contribution in [0.1, 0.15) is 24.3 Å². The number of thiazole rings is 1. The summed E-state index contributed by atoms with van der Waals surface area (Å²) >= 11 is 1.30. The van der Waals surface area contributed by atoms with E-state index in [0.717, 1.165) is 10.9 Å². The Hall–Kier alpha value is -1.82. The first-order chi connectivity index (χ1) is 9.44. The van der Waals surface area contributed by atoms with E-state index in [2.05, 4.69) is 10.3 Å². The molecule has 0 spiro atoms. The second-order valence-electron chi connectivity index (χ2n) is 4.73. The summed E-state index contributed by atoms with van der Waals surface area (Å²) in [6, 6.07) is 3.41. The first-order valence-corrected chi connectivity index (χ1v) is 6.96. The van der Waals surface area contributed by atoms with E-state index in [1.165, 1.54) is 23.5 Å². The highest BCUT2D eigenvalue weighted by atomic mass is 32.1. The van der Waals surface area contributed by atoms with Gasteiger partial charge in [0.15, 0.2) is 5.13 Å². The lowest BCUT2D eigenvalue weighted by Crippen LogP contribution is -2.17. The Labute approximate surface area is 119 Å². The van der Waals surface area contributed by atoms with Crippen LogP contribution in [0, 0.1) is 17.6 Å². The van der Waals surface area contributed by atoms with Gasteiger partial charge in [-0.3, -0.25) is 4.79 Å². The molecule has 20 heavy (non-hydrogen) atoms. The van der Waals surface area contributed by atoms with Crippen LogP contribution in [0.3, 0.4) is 0 Å². The summed E-state index contributed by atoms with van der Waals surface area (Å²) in [7, 11) is 0. The third-order valence-corrected chi connectivity index (χ3v) is 3.52. The quantitative estimate of drug-likeness (QED) is 0.936. The largest absolute Gasteiger partial charge is 0.302 e. The van der Waals surface area contributed by atoms with E-state index in [1.807, 2.05) is 0 Å². The highest BCUT2D eigenvalue weighted by Crippen LogP contribution is 2.22. The summed E-state index contributed by atoms with van der Waals surface area (Å²) in [5.41, 5.74) is 0.535. The molecular weight excluding hydrogens is 282 g/mol. The van der Waals surface area contributed by atoms with Crippen LogP contribution in [-0.4, -0.2) is 10.9 Å². The molecule has 0 saturated heterocycles. The van der Waals surface area contributed by atoms with Crippen LogP contribution < -0.4 is 5.32 Å². The van der Waals surface area contributed by atoms with Crippen molar-refractivity contribution < 1.29 is 13.6 Å². The maximum absolute atomic E-state index is 13.1. The molecule has 0 atom stereocenters. The molecule has 6 heteroatoms. The van der Waals surface area contributed by atoms with Crippen LogP contribution in [0.4, 0.5) is 13.9 Å². The highest BCUT2D eigenvalue weighted by Gasteiger charge is 2.10. The fourth-order valence-electron chi connectivity index (χ4n) is 1.61. The molecule has 0 unspecified atom stereocenters. The van der Waals surface area contributed by atoms with Gasteiger partial charge >= 0.3 is 0 Å². The van der Waals surface area contributed by atoms with E-state index < -0.39 is 11.6 Å². The van der Waals surface area contributed by atoms with Gasteiger partial charge in [-0.25, -0.2) is 13.8 Å². The molecule has 1 amide bonds. The molecule has 2 rings (SSSR count). The van der Waals surface area contributed by atoms with Crippen LogP contribution >= 0.6 is 11.3 Å². The lowest BCUT2D eigenvalue weighted by Gasteiger charge is -2.03. The summed E-state index contributed by atoms with van der Waals surface area (Å²) in [5, 5.41) is 3.19. The van der Waals surface area contributed by atoms with Gasteiger partial charge in [0.2, 0.25) is 5.91 Å². The van der Waals surface area contributed by atoms with Gasteiger partial charge in [0.05, 0.1) is 0 Å². The van der Waals surface area contributed by atoms with Gasteiger partial charge in [0.1, 0.15) is 11.6 Å². The molecule has 3 nitrogen and oxygen atoms in total. The van der Waals surface area contributed by atoms with Gasteiger partial charge in [-0.05, 0) is 17.7 Å². The third kappa shape index (κ3) is 3.84. The smallest absolute Gasteiger partial charge is 0.228 e. The normalized spacial score (nSPS) is 10.8. The fourth-order valence-corrected chi connectivity index (χ4v) is 2.46. The van der Waals surface area contributed by atoms with Gasteiger partial charge in [0, 0.05) is 29.5 Å². The van der Waals surface area contributed by atoms with Crippen LogP contribution in [0.25, 0.3) is 0 Å². The molecule has 106 valence electrons. The Bertz CT molecular complexity index is 605. The predicted octanol–water partition coefficient (Wildman–Crippen LogP) is 3.61. The summed E-state index contributed by atoms with van der Waals surface area (Å²) in [4.78, 5) is 16.4. The molecule has 0 bridgehead atoms. The number of hydrogen-bond donors (Lipinski definition) is 1. The number of nitrogens with one attached hydrogen (secondary N) is 1. The third-order valence-electron chi connectivity index (χ3n) is 2.61. The Morgan fingerprint density at radius 1 is 1.30 bits per heavy atom. The minimum absolute atomic E-state index is 0.109. The summed E-state index contributed by atoms with van der Waals surface area (Å²) in [6.45, 7) is 3.58. The molecule has 0 radical (unpaired) electrons. The monoisotopic (exact) mass is 296 g/mol. The molecule has 0 fully saturated rings. The summed E-state index contributed by atoms with van der Waals surface area (Å²) in [5.74, 6) is -1.43. The van der Waals surface area contributed by atoms with E-state index in [-0.39, 0.29) is 11.8 Å². The van der Waals surface area contributed by atoms with Crippen molar-refractivity contribution in [3.8, 4) is 0 Å². The average molecular weight is 296 g/mol. The number of amides is 1. The standard InChI is InChI=1S/C14H14F2N2OS/c1-8(2)13(19)18-14-17-7-12(20-14)5-9-3-10(15)6-11(16)4-9/h3-4,6-8H,5H2,1-2H3,(H,17,18,19). The number of carbonyl (C=O) groups is 1. The first kappa shape index (κ1) is 14.6. The van der Waals surface area contributed by atoms with Gasteiger partial charge in [0.25, 0.3) is 0 Å². The van der Waals surface area contributed by atoms with Crippen molar-refractivity contribution in [2.24, 2.45) is 5.92 Å².